The van der Waals surface area contributed by atoms with Gasteiger partial charge < -0.3 is 9.64 Å². The number of imide groups is 1. The summed E-state index contributed by atoms with van der Waals surface area (Å²) in [6.07, 6.45) is 0. The number of ether oxygens (including phenoxy) is 1. The van der Waals surface area contributed by atoms with E-state index in [4.69, 9.17) is 4.74 Å². The molecule has 5 rings (SSSR count). The van der Waals surface area contributed by atoms with Crippen LogP contribution < -0.4 is 9.64 Å². The van der Waals surface area contributed by atoms with Crippen molar-refractivity contribution < 1.29 is 14.3 Å². The van der Waals surface area contributed by atoms with Crippen molar-refractivity contribution in [1.29, 1.82) is 0 Å². The molecule has 2 aliphatic rings. The Morgan fingerprint density at radius 1 is 0.812 bits per heavy atom. The summed E-state index contributed by atoms with van der Waals surface area (Å²) in [5.74, 6) is 0.934. The van der Waals surface area contributed by atoms with Crippen molar-refractivity contribution in [3.8, 4) is 11.5 Å². The Morgan fingerprint density at radius 2 is 1.47 bits per heavy atom. The van der Waals surface area contributed by atoms with E-state index in [2.05, 4.69) is 17.0 Å². The second-order valence-electron chi connectivity index (χ2n) is 7.77. The van der Waals surface area contributed by atoms with E-state index >= 15 is 0 Å². The number of amides is 3. The number of anilines is 1. The zero-order valence-electron chi connectivity index (χ0n) is 17.5. The van der Waals surface area contributed by atoms with Crippen molar-refractivity contribution in [2.24, 2.45) is 0 Å². The summed E-state index contributed by atoms with van der Waals surface area (Å²) in [4.78, 5) is 31.7. The van der Waals surface area contributed by atoms with Gasteiger partial charge in [0.05, 0.1) is 5.69 Å². The molecule has 6 nitrogen and oxygen atoms in total. The van der Waals surface area contributed by atoms with Crippen LogP contribution in [0.2, 0.25) is 0 Å². The molecule has 0 N–H and O–H groups in total. The number of rotatable bonds is 5. The quantitative estimate of drug-likeness (QED) is 0.536. The molecule has 0 radical (unpaired) electrons. The number of hydrogen-bond acceptors (Lipinski definition) is 4. The fraction of sp³-hybridized carbons (Fsp3) is 0.200. The number of fused-ring (bicyclic) bond motifs is 1. The fourth-order valence-electron chi connectivity index (χ4n) is 4.20. The van der Waals surface area contributed by atoms with Gasteiger partial charge in [-0.05, 0) is 29.8 Å². The molecule has 7 heteroatoms. The molecule has 0 spiro atoms. The van der Waals surface area contributed by atoms with Gasteiger partial charge in [0.25, 0.3) is 5.91 Å². The largest absolute Gasteiger partial charge is 0.455 e. The van der Waals surface area contributed by atoms with Crippen molar-refractivity contribution in [2.45, 2.75) is 12.6 Å². The molecule has 0 bridgehead atoms. The Bertz CT molecular complexity index is 1090. The predicted octanol–water partition coefficient (Wildman–Crippen LogP) is 4.55. The molecule has 1 unspecified atom stereocenters. The van der Waals surface area contributed by atoms with Gasteiger partial charge in [-0.1, -0.05) is 60.7 Å². The van der Waals surface area contributed by atoms with Gasteiger partial charge >= 0.3 is 6.03 Å². The molecule has 0 aliphatic carbocycles. The van der Waals surface area contributed by atoms with Crippen LogP contribution in [0.15, 0.2) is 84.9 Å². The molecule has 2 fully saturated rings. The molecule has 164 valence electrons. The van der Waals surface area contributed by atoms with E-state index in [1.54, 1.807) is 17.0 Å². The Hall–Kier alpha value is -3.35. The smallest absolute Gasteiger partial charge is 0.332 e. The summed E-state index contributed by atoms with van der Waals surface area (Å²) in [5, 5.41) is 0. The van der Waals surface area contributed by atoms with Gasteiger partial charge in [0.1, 0.15) is 11.8 Å². The van der Waals surface area contributed by atoms with Gasteiger partial charge in [0, 0.05) is 26.2 Å². The number of halogens is 1. The highest BCUT2D eigenvalue weighted by atomic mass is 35.5. The molecule has 3 amide bonds. The van der Waals surface area contributed by atoms with E-state index in [0.29, 0.717) is 30.3 Å². The maximum absolute atomic E-state index is 13.3. The van der Waals surface area contributed by atoms with E-state index in [0.717, 1.165) is 13.1 Å². The van der Waals surface area contributed by atoms with Gasteiger partial charge in [0.15, 0.2) is 5.75 Å². The molecule has 2 saturated heterocycles. The van der Waals surface area contributed by atoms with Crippen LogP contribution in [0.5, 0.6) is 11.5 Å². The molecular weight excluding hydrogens is 426 g/mol. The maximum atomic E-state index is 13.3. The number of para-hydroxylation sites is 3. The summed E-state index contributed by atoms with van der Waals surface area (Å²) >= 11 is 0. The number of nitrogens with zero attached hydrogens (tertiary/aromatic N) is 3. The lowest BCUT2D eigenvalue weighted by Crippen LogP contribution is -2.52. The van der Waals surface area contributed by atoms with Crippen LogP contribution in [0.4, 0.5) is 10.5 Å². The van der Waals surface area contributed by atoms with Gasteiger partial charge in [-0.2, -0.15) is 0 Å². The van der Waals surface area contributed by atoms with Crippen molar-refractivity contribution in [3.05, 3.63) is 90.5 Å². The van der Waals surface area contributed by atoms with Crippen LogP contribution in [-0.2, 0) is 11.3 Å². The summed E-state index contributed by atoms with van der Waals surface area (Å²) in [7, 11) is 0. The van der Waals surface area contributed by atoms with Crippen molar-refractivity contribution in [2.75, 3.05) is 24.5 Å². The first-order chi connectivity index (χ1) is 15.2. The number of carbonyl (C=O) groups excluding carboxylic acids is 2. The molecule has 3 aromatic rings. The first-order valence-electron chi connectivity index (χ1n) is 10.4. The highest BCUT2D eigenvalue weighted by Crippen LogP contribution is 2.36. The highest BCUT2D eigenvalue weighted by molar-refractivity contribution is 6.22. The molecular formula is C25H24ClN3O3. The van der Waals surface area contributed by atoms with Crippen molar-refractivity contribution in [1.82, 2.24) is 9.80 Å². The number of benzene rings is 3. The summed E-state index contributed by atoms with van der Waals surface area (Å²) in [5.41, 5.74) is 1.68. The van der Waals surface area contributed by atoms with E-state index in [-0.39, 0.29) is 24.3 Å². The number of carbonyl (C=O) groups is 2. The Balaban J connectivity index is 0.00000245. The number of urea groups is 1. The van der Waals surface area contributed by atoms with E-state index in [1.807, 2.05) is 60.7 Å². The van der Waals surface area contributed by atoms with E-state index in [9.17, 15) is 9.59 Å². The number of piperazine rings is 1. The van der Waals surface area contributed by atoms with Gasteiger partial charge in [-0.15, -0.1) is 12.4 Å². The first kappa shape index (κ1) is 21.9. The van der Waals surface area contributed by atoms with Crippen LogP contribution >= 0.6 is 12.4 Å². The molecule has 0 saturated carbocycles. The van der Waals surface area contributed by atoms with E-state index < -0.39 is 6.04 Å². The third kappa shape index (κ3) is 4.20. The van der Waals surface area contributed by atoms with Crippen LogP contribution in [0, 0.1) is 0 Å². The third-order valence-electron chi connectivity index (χ3n) is 5.73. The van der Waals surface area contributed by atoms with Gasteiger partial charge in [0.2, 0.25) is 0 Å². The highest BCUT2D eigenvalue weighted by Gasteiger charge is 2.49. The molecule has 0 aromatic heterocycles. The zero-order valence-corrected chi connectivity index (χ0v) is 18.3. The minimum atomic E-state index is -0.477. The normalized spacial score (nSPS) is 18.3. The molecule has 1 atom stereocenters. The minimum Gasteiger partial charge on any atom is -0.455 e. The lowest BCUT2D eigenvalue weighted by atomic mass is 10.1. The van der Waals surface area contributed by atoms with Crippen LogP contribution in [-0.4, -0.2) is 47.4 Å². The van der Waals surface area contributed by atoms with Gasteiger partial charge in [-0.3, -0.25) is 9.69 Å². The standard InChI is InChI=1S/C25H23N3O3.ClH/c29-24-22-18-26(17-19-9-3-1-4-10-19)15-16-27(22)25(30)28(24)21-13-7-8-14-23(21)31-20-11-5-2-6-12-20;/h1-14,22H,15-18H2;1H. The molecule has 3 aromatic carbocycles. The average molecular weight is 450 g/mol. The second-order valence-corrected chi connectivity index (χ2v) is 7.77. The summed E-state index contributed by atoms with van der Waals surface area (Å²) in [6, 6.07) is 26.0. The van der Waals surface area contributed by atoms with Crippen LogP contribution in [0.25, 0.3) is 0 Å². The maximum Gasteiger partial charge on any atom is 0.332 e. The van der Waals surface area contributed by atoms with Crippen LogP contribution in [0.1, 0.15) is 5.56 Å². The molecule has 2 aliphatic heterocycles. The Morgan fingerprint density at radius 3 is 2.22 bits per heavy atom. The lowest BCUT2D eigenvalue weighted by Gasteiger charge is -2.35. The monoisotopic (exact) mass is 449 g/mol. The summed E-state index contributed by atoms with van der Waals surface area (Å²) < 4.78 is 6.00. The van der Waals surface area contributed by atoms with Crippen LogP contribution in [0.3, 0.4) is 0 Å². The minimum absolute atomic E-state index is 0. The topological polar surface area (TPSA) is 53.1 Å². The predicted molar refractivity (Wildman–Crippen MR) is 125 cm³/mol. The SMILES string of the molecule is Cl.O=C1C2CN(Cc3ccccc3)CCN2C(=O)N1c1ccccc1Oc1ccccc1. The average Bonchev–Trinajstić information content (AvgIpc) is 3.05. The van der Waals surface area contributed by atoms with Gasteiger partial charge in [-0.25, -0.2) is 9.69 Å². The molecule has 32 heavy (non-hydrogen) atoms. The van der Waals surface area contributed by atoms with Crippen molar-refractivity contribution >= 4 is 30.0 Å². The molecule has 2 heterocycles. The fourth-order valence-corrected chi connectivity index (χ4v) is 4.20. The first-order valence-corrected chi connectivity index (χ1v) is 10.4. The third-order valence-corrected chi connectivity index (χ3v) is 5.73. The summed E-state index contributed by atoms with van der Waals surface area (Å²) in [6.45, 7) is 2.55. The Kier molecular flexibility index (Phi) is 6.44. The van der Waals surface area contributed by atoms with E-state index in [1.165, 1.54) is 10.5 Å². The lowest BCUT2D eigenvalue weighted by molar-refractivity contribution is -0.121. The number of hydrogen-bond donors (Lipinski definition) is 0. The van der Waals surface area contributed by atoms with Crippen molar-refractivity contribution in [3.63, 3.8) is 0 Å². The second kappa shape index (κ2) is 9.42. The zero-order chi connectivity index (χ0) is 21.2. The Labute approximate surface area is 193 Å².